The largest absolute Gasteiger partial charge is 0.397 e. The summed E-state index contributed by atoms with van der Waals surface area (Å²) in [6.45, 7) is 0. The van der Waals surface area contributed by atoms with Gasteiger partial charge in [0.1, 0.15) is 0 Å². The summed E-state index contributed by atoms with van der Waals surface area (Å²) in [6, 6.07) is 11.3. The average molecular weight is 354 g/mol. The van der Waals surface area contributed by atoms with Gasteiger partial charge in [0.2, 0.25) is 0 Å². The number of para-hydroxylation sites is 2. The van der Waals surface area contributed by atoms with Crippen LogP contribution in [0.25, 0.3) is 0 Å². The summed E-state index contributed by atoms with van der Waals surface area (Å²) < 4.78 is 0. The van der Waals surface area contributed by atoms with Crippen LogP contribution in [0.5, 0.6) is 0 Å². The summed E-state index contributed by atoms with van der Waals surface area (Å²) in [6.07, 6.45) is 15.9. The van der Waals surface area contributed by atoms with E-state index in [4.69, 9.17) is 5.73 Å². The zero-order chi connectivity index (χ0) is 17.5. The first-order chi connectivity index (χ1) is 12.8. The van der Waals surface area contributed by atoms with Crippen molar-refractivity contribution in [2.75, 3.05) is 11.1 Å². The highest BCUT2D eigenvalue weighted by molar-refractivity contribution is 5.66. The van der Waals surface area contributed by atoms with E-state index in [-0.39, 0.29) is 0 Å². The second-order valence-electron chi connectivity index (χ2n) is 9.61. The fraction of sp³-hybridized carbons (Fsp3) is 0.739. The molecule has 5 rings (SSSR count). The van der Waals surface area contributed by atoms with Crippen molar-refractivity contribution >= 4 is 11.4 Å². The molecule has 1 aromatic rings. The topological polar surface area (TPSA) is 41.3 Å². The quantitative estimate of drug-likeness (QED) is 0.748. The third kappa shape index (κ3) is 3.24. The normalized spacial score (nSPS) is 40.2. The van der Waals surface area contributed by atoms with Crippen molar-refractivity contribution < 1.29 is 0 Å². The third-order valence-corrected chi connectivity index (χ3v) is 7.88. The Hall–Kier alpha value is -1.22. The summed E-state index contributed by atoms with van der Waals surface area (Å²) in [4.78, 5) is 3.03. The molecule has 3 heteroatoms. The lowest BCUT2D eigenvalue weighted by Crippen LogP contribution is -2.60. The van der Waals surface area contributed by atoms with Crippen LogP contribution in [0.2, 0.25) is 0 Å². The zero-order valence-electron chi connectivity index (χ0n) is 16.1. The second-order valence-corrected chi connectivity index (χ2v) is 9.61. The number of hydrogen-bond donors (Lipinski definition) is 2. The third-order valence-electron chi connectivity index (χ3n) is 7.88. The first kappa shape index (κ1) is 16.9. The lowest BCUT2D eigenvalue weighted by molar-refractivity contribution is -0.0382. The molecule has 2 aliphatic heterocycles. The highest BCUT2D eigenvalue weighted by Crippen LogP contribution is 2.46. The molecule has 2 saturated heterocycles. The summed E-state index contributed by atoms with van der Waals surface area (Å²) in [5, 5.41) is 3.79. The van der Waals surface area contributed by atoms with E-state index in [1.54, 1.807) is 0 Å². The number of nitrogens with one attached hydrogen (secondary N) is 1. The predicted octanol–water partition coefficient (Wildman–Crippen LogP) is 5.04. The van der Waals surface area contributed by atoms with Gasteiger partial charge in [0.05, 0.1) is 11.4 Å². The standard InChI is InChI=1S/C23H35N3/c24-22-9-1-2-10-23(22)25-18-14-19-7-4-8-20(15-18)26(19)21-12-16-5-3-6-17(11-16)13-21/h1-2,9-10,16-21,25H,3-8,11-15,24H2/t16?,17?,18-,19+,20?,21?/m0/s1. The Balaban J connectivity index is 1.29. The van der Waals surface area contributed by atoms with Crippen molar-refractivity contribution in [3.05, 3.63) is 24.3 Å². The van der Waals surface area contributed by atoms with Gasteiger partial charge in [-0.25, -0.2) is 0 Å². The van der Waals surface area contributed by atoms with Crippen LogP contribution in [0.3, 0.4) is 0 Å². The average Bonchev–Trinajstić information content (AvgIpc) is 2.62. The highest BCUT2D eigenvalue weighted by atomic mass is 15.2. The molecule has 2 aliphatic carbocycles. The van der Waals surface area contributed by atoms with Gasteiger partial charge < -0.3 is 11.1 Å². The van der Waals surface area contributed by atoms with E-state index in [1.807, 2.05) is 12.1 Å². The molecule has 2 saturated carbocycles. The number of nitrogens with two attached hydrogens (primary N) is 1. The molecule has 26 heavy (non-hydrogen) atoms. The summed E-state index contributed by atoms with van der Waals surface area (Å²) >= 11 is 0. The molecule has 3 nitrogen and oxygen atoms in total. The van der Waals surface area contributed by atoms with Crippen molar-refractivity contribution in [3.8, 4) is 0 Å². The fourth-order valence-electron chi connectivity index (χ4n) is 6.92. The van der Waals surface area contributed by atoms with E-state index in [1.165, 1.54) is 70.6 Å². The molecule has 4 aliphatic rings. The maximum Gasteiger partial charge on any atom is 0.0576 e. The minimum Gasteiger partial charge on any atom is -0.397 e. The molecule has 5 atom stereocenters. The molecule has 3 N–H and O–H groups in total. The number of hydrogen-bond acceptors (Lipinski definition) is 3. The maximum absolute atomic E-state index is 6.18. The van der Waals surface area contributed by atoms with Gasteiger partial charge in [-0.05, 0) is 68.9 Å². The van der Waals surface area contributed by atoms with Crippen LogP contribution in [0.4, 0.5) is 11.4 Å². The fourth-order valence-corrected chi connectivity index (χ4v) is 6.92. The maximum atomic E-state index is 6.18. The van der Waals surface area contributed by atoms with Crippen LogP contribution in [-0.2, 0) is 0 Å². The first-order valence-electron chi connectivity index (χ1n) is 11.1. The number of nitrogens with zero attached hydrogens (tertiary/aromatic N) is 1. The van der Waals surface area contributed by atoms with Crippen molar-refractivity contribution in [1.82, 2.24) is 4.90 Å². The lowest BCUT2D eigenvalue weighted by atomic mass is 9.68. The number of piperidine rings is 2. The molecule has 3 unspecified atom stereocenters. The predicted molar refractivity (Wildman–Crippen MR) is 109 cm³/mol. The number of anilines is 2. The number of nitrogen functional groups attached to an aromatic ring is 1. The van der Waals surface area contributed by atoms with E-state index in [9.17, 15) is 0 Å². The molecular weight excluding hydrogens is 318 g/mol. The Morgan fingerprint density at radius 2 is 1.42 bits per heavy atom. The summed E-state index contributed by atoms with van der Waals surface area (Å²) in [5.41, 5.74) is 8.20. The molecule has 0 aromatic heterocycles. The van der Waals surface area contributed by atoms with Crippen molar-refractivity contribution in [3.63, 3.8) is 0 Å². The van der Waals surface area contributed by atoms with Crippen LogP contribution < -0.4 is 11.1 Å². The number of fused-ring (bicyclic) bond motifs is 4. The minimum atomic E-state index is 0.592. The first-order valence-corrected chi connectivity index (χ1v) is 11.1. The molecular formula is C23H35N3. The van der Waals surface area contributed by atoms with E-state index >= 15 is 0 Å². The Morgan fingerprint density at radius 1 is 0.769 bits per heavy atom. The van der Waals surface area contributed by atoms with Gasteiger partial charge in [-0.2, -0.15) is 0 Å². The van der Waals surface area contributed by atoms with Crippen molar-refractivity contribution in [1.29, 1.82) is 0 Å². The molecule has 1 aromatic carbocycles. The van der Waals surface area contributed by atoms with E-state index in [0.29, 0.717) is 6.04 Å². The molecule has 142 valence electrons. The monoisotopic (exact) mass is 353 g/mol. The van der Waals surface area contributed by atoms with Crippen molar-refractivity contribution in [2.45, 2.75) is 94.8 Å². The number of benzene rings is 1. The number of rotatable bonds is 3. The second kappa shape index (κ2) is 7.07. The van der Waals surface area contributed by atoms with Crippen LogP contribution in [0, 0.1) is 11.8 Å². The Kier molecular flexibility index (Phi) is 4.60. The van der Waals surface area contributed by atoms with Crippen LogP contribution in [0.15, 0.2) is 24.3 Å². The smallest absolute Gasteiger partial charge is 0.0576 e. The van der Waals surface area contributed by atoms with Crippen molar-refractivity contribution in [2.24, 2.45) is 11.8 Å². The van der Waals surface area contributed by atoms with Gasteiger partial charge in [0, 0.05) is 24.2 Å². The van der Waals surface area contributed by atoms with Gasteiger partial charge in [-0.3, -0.25) is 4.90 Å². The summed E-state index contributed by atoms with van der Waals surface area (Å²) in [5.74, 6) is 2.07. The minimum absolute atomic E-state index is 0.592. The molecule has 4 bridgehead atoms. The Bertz CT molecular complexity index is 604. The molecule has 0 spiro atoms. The van der Waals surface area contributed by atoms with Crippen LogP contribution in [0.1, 0.15) is 70.6 Å². The van der Waals surface area contributed by atoms with E-state index in [2.05, 4.69) is 22.3 Å². The Morgan fingerprint density at radius 3 is 2.12 bits per heavy atom. The van der Waals surface area contributed by atoms with E-state index in [0.717, 1.165) is 41.3 Å². The van der Waals surface area contributed by atoms with Gasteiger partial charge in [-0.1, -0.05) is 37.8 Å². The van der Waals surface area contributed by atoms with E-state index < -0.39 is 0 Å². The SMILES string of the molecule is Nc1ccccc1N[C@@H]1CC2CCC[C@H](C1)N2C1CC2CCCC(C2)C1. The lowest BCUT2D eigenvalue weighted by Gasteiger charge is -2.55. The van der Waals surface area contributed by atoms with Gasteiger partial charge in [0.15, 0.2) is 0 Å². The molecule has 4 fully saturated rings. The highest BCUT2D eigenvalue weighted by Gasteiger charge is 2.44. The molecule has 2 heterocycles. The van der Waals surface area contributed by atoms with Crippen LogP contribution >= 0.6 is 0 Å². The van der Waals surface area contributed by atoms with Gasteiger partial charge in [-0.15, -0.1) is 0 Å². The molecule has 0 amide bonds. The van der Waals surface area contributed by atoms with Gasteiger partial charge >= 0.3 is 0 Å². The zero-order valence-corrected chi connectivity index (χ0v) is 16.1. The molecule has 0 radical (unpaired) electrons. The Labute approximate surface area is 158 Å². The summed E-state index contributed by atoms with van der Waals surface area (Å²) in [7, 11) is 0. The van der Waals surface area contributed by atoms with Crippen LogP contribution in [-0.4, -0.2) is 29.1 Å². The van der Waals surface area contributed by atoms with Gasteiger partial charge in [0.25, 0.3) is 0 Å².